The third kappa shape index (κ3) is 3.47. The van der Waals surface area contributed by atoms with Crippen LogP contribution in [0.3, 0.4) is 0 Å². The smallest absolute Gasteiger partial charge is 0.236 e. The first-order valence-electron chi connectivity index (χ1n) is 6.04. The number of nitriles is 1. The Morgan fingerprint density at radius 2 is 1.91 bits per heavy atom. The van der Waals surface area contributed by atoms with Crippen LogP contribution in [0.1, 0.15) is 29.0 Å². The lowest BCUT2D eigenvalue weighted by molar-refractivity contribution is -0.137. The lowest BCUT2D eigenvalue weighted by Crippen LogP contribution is -2.07. The zero-order valence-electron chi connectivity index (χ0n) is 11.4. The minimum Gasteiger partial charge on any atom is -0.236 e. The number of hydrogen-bond donors (Lipinski definition) is 0. The molecule has 10 heteroatoms. The van der Waals surface area contributed by atoms with Crippen LogP contribution in [0.25, 0.3) is 5.69 Å². The van der Waals surface area contributed by atoms with Gasteiger partial charge in [0.2, 0.25) is 0 Å². The summed E-state index contributed by atoms with van der Waals surface area (Å²) in [7, 11) is 0. The van der Waals surface area contributed by atoms with Crippen molar-refractivity contribution < 1.29 is 17.4 Å². The van der Waals surface area contributed by atoms with E-state index >= 15 is 0 Å². The molecule has 0 spiro atoms. The van der Waals surface area contributed by atoms with Gasteiger partial charge in [0.1, 0.15) is 11.8 Å². The van der Waals surface area contributed by atoms with E-state index in [0.29, 0.717) is 5.56 Å². The van der Waals surface area contributed by atoms with E-state index in [-0.39, 0.29) is 33.1 Å². The Balaban J connectivity index is 2.62. The highest BCUT2D eigenvalue weighted by molar-refractivity contribution is 7.65. The van der Waals surface area contributed by atoms with Gasteiger partial charge in [-0.1, -0.05) is 23.2 Å². The van der Waals surface area contributed by atoms with Gasteiger partial charge in [-0.05, 0) is 12.1 Å². The van der Waals surface area contributed by atoms with Crippen LogP contribution in [-0.2, 0) is 22.1 Å². The van der Waals surface area contributed by atoms with Gasteiger partial charge in [0.15, 0.2) is 5.69 Å². The second-order valence-electron chi connectivity index (χ2n) is 4.51. The van der Waals surface area contributed by atoms with E-state index in [0.717, 1.165) is 16.8 Å². The second-order valence-corrected chi connectivity index (χ2v) is 6.23. The Hall–Kier alpha value is -1.69. The van der Waals surface area contributed by atoms with Crippen LogP contribution in [0.5, 0.6) is 0 Å². The summed E-state index contributed by atoms with van der Waals surface area (Å²) in [5, 5.41) is 11.9. The Morgan fingerprint density at radius 3 is 2.35 bits per heavy atom. The van der Waals surface area contributed by atoms with Gasteiger partial charge in [0.25, 0.3) is 5.25 Å². The highest BCUT2D eigenvalue weighted by atomic mass is 35.5. The van der Waals surface area contributed by atoms with Crippen molar-refractivity contribution in [2.75, 3.05) is 0 Å². The number of aromatic nitrogens is 2. The molecule has 4 nitrogen and oxygen atoms in total. The molecule has 1 aromatic carbocycles. The first-order valence-corrected chi connectivity index (χ1v) is 7.60. The molecule has 120 valence electrons. The van der Waals surface area contributed by atoms with E-state index in [1.807, 2.05) is 6.07 Å². The predicted molar refractivity (Wildman–Crippen MR) is 79.8 cm³/mol. The molecule has 0 fully saturated rings. The predicted octanol–water partition coefficient (Wildman–Crippen LogP) is 4.56. The third-order valence-corrected chi connectivity index (χ3v) is 4.12. The molecule has 2 aromatic rings. The molecule has 23 heavy (non-hydrogen) atoms. The van der Waals surface area contributed by atoms with Crippen molar-refractivity contribution in [1.82, 2.24) is 9.78 Å². The van der Waals surface area contributed by atoms with E-state index in [4.69, 9.17) is 28.5 Å². The molecule has 1 atom stereocenters. The van der Waals surface area contributed by atoms with Gasteiger partial charge in [0.05, 0.1) is 21.2 Å². The third-order valence-electron chi connectivity index (χ3n) is 3.00. The quantitative estimate of drug-likeness (QED) is 0.733. The molecule has 0 bridgehead atoms. The van der Waals surface area contributed by atoms with Crippen LogP contribution in [0.15, 0.2) is 18.3 Å². The molecule has 0 amide bonds. The van der Waals surface area contributed by atoms with Crippen molar-refractivity contribution in [2.45, 2.75) is 18.3 Å². The zero-order valence-corrected chi connectivity index (χ0v) is 13.7. The first-order chi connectivity index (χ1) is 10.7. The van der Waals surface area contributed by atoms with Crippen molar-refractivity contribution in [2.24, 2.45) is 0 Å². The van der Waals surface area contributed by atoms with Gasteiger partial charge in [0, 0.05) is 17.3 Å². The van der Waals surface area contributed by atoms with Crippen LogP contribution in [-0.4, -0.2) is 9.78 Å². The molecule has 0 aliphatic heterocycles. The highest BCUT2D eigenvalue weighted by Crippen LogP contribution is 2.37. The Bertz CT molecular complexity index is 791. The fourth-order valence-electron chi connectivity index (χ4n) is 1.89. The average molecular weight is 381 g/mol. The SMILES string of the molecule is CC([S+]=O)c1cn(-c2c(Cl)cc(C(F)(F)F)cc2Cl)nc1C#N. The Labute approximate surface area is 142 Å². The molecule has 0 aliphatic rings. The summed E-state index contributed by atoms with van der Waals surface area (Å²) in [5.41, 5.74) is -0.660. The van der Waals surface area contributed by atoms with Crippen molar-refractivity contribution in [3.63, 3.8) is 0 Å². The van der Waals surface area contributed by atoms with E-state index < -0.39 is 17.0 Å². The Kier molecular flexibility index (Phi) is 4.94. The summed E-state index contributed by atoms with van der Waals surface area (Å²) in [6.45, 7) is 1.58. The zero-order chi connectivity index (χ0) is 17.4. The molecule has 1 heterocycles. The fourth-order valence-corrected chi connectivity index (χ4v) is 2.82. The molecule has 0 saturated heterocycles. The molecular formula is C13H7Cl2F3N3OS+. The summed E-state index contributed by atoms with van der Waals surface area (Å²) in [6.07, 6.45) is -3.24. The van der Waals surface area contributed by atoms with E-state index in [9.17, 15) is 17.4 Å². The molecule has 0 N–H and O–H groups in total. The fraction of sp³-hybridized carbons (Fsp3) is 0.231. The molecule has 0 aliphatic carbocycles. The van der Waals surface area contributed by atoms with Gasteiger partial charge >= 0.3 is 17.8 Å². The first kappa shape index (κ1) is 17.7. The lowest BCUT2D eigenvalue weighted by Gasteiger charge is -2.12. The molecule has 1 unspecified atom stereocenters. The van der Waals surface area contributed by atoms with Crippen LogP contribution >= 0.6 is 23.2 Å². The van der Waals surface area contributed by atoms with Gasteiger partial charge < -0.3 is 0 Å². The minimum atomic E-state index is -4.59. The second kappa shape index (κ2) is 6.43. The van der Waals surface area contributed by atoms with Crippen molar-refractivity contribution in [1.29, 1.82) is 5.26 Å². The van der Waals surface area contributed by atoms with E-state index in [2.05, 4.69) is 5.10 Å². The van der Waals surface area contributed by atoms with Crippen molar-refractivity contribution in [3.8, 4) is 11.8 Å². The standard InChI is InChI=1S/C13H7Cl2F3N3OS/c1-6(23-22)8-5-21(20-11(8)4-19)12-9(14)2-7(3-10(12)15)13(16,17)18/h2-3,5-6H,1H3/q+1. The topological polar surface area (TPSA) is 58.7 Å². The molecule has 0 saturated carbocycles. The molecular weight excluding hydrogens is 374 g/mol. The summed E-state index contributed by atoms with van der Waals surface area (Å²) in [5.74, 6) is 0. The minimum absolute atomic E-state index is 0.00665. The molecule has 2 rings (SSSR count). The number of hydrogen-bond acceptors (Lipinski definition) is 3. The maximum absolute atomic E-state index is 12.7. The summed E-state index contributed by atoms with van der Waals surface area (Å²) < 4.78 is 50.2. The maximum atomic E-state index is 12.7. The number of rotatable bonds is 3. The summed E-state index contributed by atoms with van der Waals surface area (Å²) >= 11 is 12.1. The number of benzene rings is 1. The van der Waals surface area contributed by atoms with Crippen LogP contribution in [0.4, 0.5) is 13.2 Å². The van der Waals surface area contributed by atoms with Crippen molar-refractivity contribution >= 4 is 34.9 Å². The monoisotopic (exact) mass is 380 g/mol. The van der Waals surface area contributed by atoms with Gasteiger partial charge in [-0.2, -0.15) is 23.5 Å². The van der Waals surface area contributed by atoms with Gasteiger partial charge in [-0.25, -0.2) is 4.68 Å². The normalized spacial score (nSPS) is 12.7. The van der Waals surface area contributed by atoms with Crippen molar-refractivity contribution in [3.05, 3.63) is 45.2 Å². The average Bonchev–Trinajstić information content (AvgIpc) is 2.88. The van der Waals surface area contributed by atoms with Crippen LogP contribution in [0.2, 0.25) is 10.0 Å². The summed E-state index contributed by atoms with van der Waals surface area (Å²) in [6, 6.07) is 3.27. The van der Waals surface area contributed by atoms with Gasteiger partial charge in [-0.3, -0.25) is 0 Å². The highest BCUT2D eigenvalue weighted by Gasteiger charge is 2.33. The molecule has 1 aromatic heterocycles. The Morgan fingerprint density at radius 1 is 1.35 bits per heavy atom. The van der Waals surface area contributed by atoms with Crippen LogP contribution in [0, 0.1) is 11.3 Å². The lowest BCUT2D eigenvalue weighted by atomic mass is 10.2. The van der Waals surface area contributed by atoms with Gasteiger partial charge in [-0.15, -0.1) is 0 Å². The largest absolute Gasteiger partial charge is 0.467 e. The molecule has 0 radical (unpaired) electrons. The number of halogens is 5. The van der Waals surface area contributed by atoms with Crippen LogP contribution < -0.4 is 0 Å². The number of nitrogens with zero attached hydrogens (tertiary/aromatic N) is 3. The van der Waals surface area contributed by atoms with E-state index in [1.165, 1.54) is 6.20 Å². The summed E-state index contributed by atoms with van der Waals surface area (Å²) in [4.78, 5) is 0. The van der Waals surface area contributed by atoms with E-state index in [1.54, 1.807) is 6.92 Å². The maximum Gasteiger partial charge on any atom is 0.467 e. The number of alkyl halides is 3.